The van der Waals surface area contributed by atoms with Crippen LogP contribution in [0.5, 0.6) is 17.2 Å². The van der Waals surface area contributed by atoms with Gasteiger partial charge < -0.3 is 14.2 Å². The van der Waals surface area contributed by atoms with Crippen molar-refractivity contribution in [2.75, 3.05) is 7.11 Å². The quantitative estimate of drug-likeness (QED) is 0.176. The summed E-state index contributed by atoms with van der Waals surface area (Å²) in [7, 11) is 1.67. The first-order chi connectivity index (χ1) is 19.9. The van der Waals surface area contributed by atoms with E-state index in [0.29, 0.717) is 25.5 Å². The van der Waals surface area contributed by atoms with Gasteiger partial charge in [0.05, 0.1) is 19.9 Å². The SMILES string of the molecule is C#Cc1ccc(-c2cn(Cc3cc(OCc4cc(C)cc(C)c4)cc(OCc4cc(C)cc(OC)c4)c3)nn2)cc1. The van der Waals surface area contributed by atoms with Gasteiger partial charge in [-0.25, -0.2) is 4.68 Å². The van der Waals surface area contributed by atoms with E-state index in [4.69, 9.17) is 20.6 Å². The first-order valence-corrected chi connectivity index (χ1v) is 13.5. The molecule has 0 aliphatic carbocycles. The molecule has 6 nitrogen and oxygen atoms in total. The molecule has 0 bridgehead atoms. The second kappa shape index (κ2) is 12.4. The summed E-state index contributed by atoms with van der Waals surface area (Å²) in [5.41, 5.74) is 9.25. The Labute approximate surface area is 241 Å². The lowest BCUT2D eigenvalue weighted by Gasteiger charge is -2.14. The number of rotatable bonds is 10. The first-order valence-electron chi connectivity index (χ1n) is 13.5. The number of ether oxygens (including phenoxy) is 3. The minimum absolute atomic E-state index is 0.402. The molecular weight excluding hydrogens is 510 g/mol. The summed E-state index contributed by atoms with van der Waals surface area (Å²) in [5.74, 6) is 4.89. The van der Waals surface area contributed by atoms with Crippen molar-refractivity contribution in [1.29, 1.82) is 0 Å². The molecule has 0 aliphatic rings. The summed E-state index contributed by atoms with van der Waals surface area (Å²) >= 11 is 0. The average Bonchev–Trinajstić information content (AvgIpc) is 3.42. The predicted molar refractivity (Wildman–Crippen MR) is 161 cm³/mol. The van der Waals surface area contributed by atoms with E-state index in [9.17, 15) is 0 Å². The Bertz CT molecular complexity index is 1680. The van der Waals surface area contributed by atoms with Crippen molar-refractivity contribution in [3.8, 4) is 40.8 Å². The first kappa shape index (κ1) is 27.5. The Balaban J connectivity index is 1.37. The van der Waals surface area contributed by atoms with E-state index >= 15 is 0 Å². The van der Waals surface area contributed by atoms with Gasteiger partial charge in [-0.15, -0.1) is 11.5 Å². The summed E-state index contributed by atoms with van der Waals surface area (Å²) < 4.78 is 19.8. The van der Waals surface area contributed by atoms with Gasteiger partial charge >= 0.3 is 0 Å². The van der Waals surface area contributed by atoms with Gasteiger partial charge in [-0.05, 0) is 79.4 Å². The van der Waals surface area contributed by atoms with Crippen molar-refractivity contribution in [2.45, 2.75) is 40.5 Å². The molecular formula is C35H33N3O3. The Morgan fingerprint density at radius 2 is 1.29 bits per heavy atom. The van der Waals surface area contributed by atoms with Crippen molar-refractivity contribution < 1.29 is 14.2 Å². The lowest BCUT2D eigenvalue weighted by atomic mass is 10.1. The number of aryl methyl sites for hydroxylation is 3. The van der Waals surface area contributed by atoms with Gasteiger partial charge in [-0.2, -0.15) is 0 Å². The fraction of sp³-hybridized carbons (Fsp3) is 0.200. The summed E-state index contributed by atoms with van der Waals surface area (Å²) in [5, 5.41) is 8.72. The molecule has 1 heterocycles. The molecule has 5 rings (SSSR count). The third-order valence-electron chi connectivity index (χ3n) is 6.61. The van der Waals surface area contributed by atoms with E-state index in [1.165, 1.54) is 11.1 Å². The largest absolute Gasteiger partial charge is 0.497 e. The normalized spacial score (nSPS) is 10.7. The van der Waals surface area contributed by atoms with Gasteiger partial charge in [0.15, 0.2) is 0 Å². The summed E-state index contributed by atoms with van der Waals surface area (Å²) in [6.45, 7) is 7.60. The molecule has 0 radical (unpaired) electrons. The summed E-state index contributed by atoms with van der Waals surface area (Å²) in [6, 6.07) is 26.2. The summed E-state index contributed by atoms with van der Waals surface area (Å²) in [6.07, 6.45) is 7.41. The highest BCUT2D eigenvalue weighted by Crippen LogP contribution is 2.27. The van der Waals surface area contributed by atoms with Crippen LogP contribution in [-0.2, 0) is 19.8 Å². The standard InChI is InChI=1S/C35H33N3O3/c1-6-27-7-9-31(10-8-27)35-21-38(37-36-35)20-28-16-33(40-22-29-12-24(2)11-25(3)13-29)19-34(17-28)41-23-30-14-26(4)15-32(18-30)39-5/h1,7-19,21H,20,22-23H2,2-5H3. The lowest BCUT2D eigenvalue weighted by Crippen LogP contribution is -2.04. The smallest absolute Gasteiger partial charge is 0.123 e. The van der Waals surface area contributed by atoms with Crippen LogP contribution in [-0.4, -0.2) is 22.1 Å². The second-order valence-electron chi connectivity index (χ2n) is 10.3. The molecule has 0 spiro atoms. The maximum absolute atomic E-state index is 6.26. The Morgan fingerprint density at radius 1 is 0.707 bits per heavy atom. The maximum atomic E-state index is 6.26. The van der Waals surface area contributed by atoms with Crippen molar-refractivity contribution in [2.24, 2.45) is 0 Å². The number of aromatic nitrogens is 3. The van der Waals surface area contributed by atoms with Crippen molar-refractivity contribution in [3.05, 3.63) is 124 Å². The van der Waals surface area contributed by atoms with Gasteiger partial charge in [-0.1, -0.05) is 58.7 Å². The molecule has 0 atom stereocenters. The molecule has 0 amide bonds. The van der Waals surface area contributed by atoms with Crippen LogP contribution in [0.4, 0.5) is 0 Å². The fourth-order valence-electron chi connectivity index (χ4n) is 4.83. The molecule has 206 valence electrons. The molecule has 6 heteroatoms. The van der Waals surface area contributed by atoms with Crippen LogP contribution in [0.3, 0.4) is 0 Å². The van der Waals surface area contributed by atoms with Crippen LogP contribution in [0, 0.1) is 33.1 Å². The number of benzene rings is 4. The van der Waals surface area contributed by atoms with Crippen molar-refractivity contribution >= 4 is 0 Å². The molecule has 1 aromatic heterocycles. The zero-order valence-corrected chi connectivity index (χ0v) is 23.8. The topological polar surface area (TPSA) is 58.4 Å². The van der Waals surface area contributed by atoms with E-state index in [-0.39, 0.29) is 0 Å². The zero-order valence-electron chi connectivity index (χ0n) is 23.8. The van der Waals surface area contributed by atoms with Gasteiger partial charge in [0.25, 0.3) is 0 Å². The molecule has 0 saturated heterocycles. The second-order valence-corrected chi connectivity index (χ2v) is 10.3. The lowest BCUT2D eigenvalue weighted by molar-refractivity contribution is 0.288. The minimum atomic E-state index is 0.402. The maximum Gasteiger partial charge on any atom is 0.123 e. The minimum Gasteiger partial charge on any atom is -0.497 e. The van der Waals surface area contributed by atoms with Crippen LogP contribution in [0.15, 0.2) is 85.1 Å². The van der Waals surface area contributed by atoms with Crippen molar-refractivity contribution in [1.82, 2.24) is 15.0 Å². The summed E-state index contributed by atoms with van der Waals surface area (Å²) in [4.78, 5) is 0. The van der Waals surface area contributed by atoms with E-state index < -0.39 is 0 Å². The highest BCUT2D eigenvalue weighted by molar-refractivity contribution is 5.59. The van der Waals surface area contributed by atoms with Gasteiger partial charge in [0.1, 0.15) is 36.2 Å². The van der Waals surface area contributed by atoms with Gasteiger partial charge in [-0.3, -0.25) is 0 Å². The van der Waals surface area contributed by atoms with Gasteiger partial charge in [0, 0.05) is 17.2 Å². The number of methoxy groups -OCH3 is 1. The molecule has 5 aromatic rings. The predicted octanol–water partition coefficient (Wildman–Crippen LogP) is 7.07. The Kier molecular flexibility index (Phi) is 8.36. The number of nitrogens with zero attached hydrogens (tertiary/aromatic N) is 3. The molecule has 0 aliphatic heterocycles. The molecule has 4 aromatic carbocycles. The number of terminal acetylenes is 1. The highest BCUT2D eigenvalue weighted by atomic mass is 16.5. The molecule has 0 unspecified atom stereocenters. The van der Waals surface area contributed by atoms with Crippen LogP contribution < -0.4 is 14.2 Å². The average molecular weight is 544 g/mol. The van der Waals surface area contributed by atoms with Crippen LogP contribution in [0.1, 0.15) is 38.9 Å². The van der Waals surface area contributed by atoms with E-state index in [1.807, 2.05) is 72.4 Å². The molecule has 0 fully saturated rings. The van der Waals surface area contributed by atoms with E-state index in [1.54, 1.807) is 7.11 Å². The number of hydrogen-bond acceptors (Lipinski definition) is 5. The van der Waals surface area contributed by atoms with Crippen molar-refractivity contribution in [3.63, 3.8) is 0 Å². The van der Waals surface area contributed by atoms with Crippen LogP contribution in [0.25, 0.3) is 11.3 Å². The fourth-order valence-corrected chi connectivity index (χ4v) is 4.83. The zero-order chi connectivity index (χ0) is 28.8. The number of hydrogen-bond donors (Lipinski definition) is 0. The van der Waals surface area contributed by atoms with E-state index in [2.05, 4.69) is 54.3 Å². The van der Waals surface area contributed by atoms with Gasteiger partial charge in [0.2, 0.25) is 0 Å². The Morgan fingerprint density at radius 3 is 1.90 bits per heavy atom. The molecule has 0 saturated carbocycles. The third kappa shape index (κ3) is 7.34. The molecule has 41 heavy (non-hydrogen) atoms. The monoisotopic (exact) mass is 543 g/mol. The van der Waals surface area contributed by atoms with Crippen LogP contribution >= 0.6 is 0 Å². The Hall–Kier alpha value is -5.02. The third-order valence-corrected chi connectivity index (χ3v) is 6.61. The molecule has 0 N–H and O–H groups in total. The van der Waals surface area contributed by atoms with E-state index in [0.717, 1.165) is 50.6 Å². The van der Waals surface area contributed by atoms with Crippen LogP contribution in [0.2, 0.25) is 0 Å². The highest BCUT2D eigenvalue weighted by Gasteiger charge is 2.10.